The third-order valence-electron chi connectivity index (χ3n) is 4.73. The Morgan fingerprint density at radius 3 is 2.67 bits per heavy atom. The molecule has 1 unspecified atom stereocenters. The summed E-state index contributed by atoms with van der Waals surface area (Å²) in [5.74, 6) is -0.381. The normalized spacial score (nSPS) is 19.0. The van der Waals surface area contributed by atoms with Crippen molar-refractivity contribution in [2.75, 3.05) is 7.11 Å². The summed E-state index contributed by atoms with van der Waals surface area (Å²) in [5, 5.41) is 5.41. The minimum atomic E-state index is -0.676. The van der Waals surface area contributed by atoms with Crippen LogP contribution in [0.25, 0.3) is 5.52 Å². The second kappa shape index (κ2) is 6.59. The number of carbonyl (C=O) groups excluding carboxylic acids is 1. The van der Waals surface area contributed by atoms with Gasteiger partial charge in [-0.3, -0.25) is 0 Å². The number of oxime groups is 1. The van der Waals surface area contributed by atoms with E-state index in [0.717, 1.165) is 22.5 Å². The molecule has 0 spiro atoms. The molecule has 1 aromatic carbocycles. The molecule has 138 valence electrons. The number of methoxy groups -OCH3 is 1. The first kappa shape index (κ1) is 17.9. The Labute approximate surface area is 166 Å². The molecule has 0 amide bonds. The molecule has 0 aliphatic carbocycles. The van der Waals surface area contributed by atoms with E-state index in [2.05, 4.69) is 5.16 Å². The van der Waals surface area contributed by atoms with Crippen molar-refractivity contribution in [1.82, 2.24) is 4.40 Å². The Morgan fingerprint density at radius 2 is 1.96 bits per heavy atom. The van der Waals surface area contributed by atoms with E-state index < -0.39 is 5.60 Å². The van der Waals surface area contributed by atoms with Crippen LogP contribution in [0.3, 0.4) is 0 Å². The van der Waals surface area contributed by atoms with Crippen LogP contribution in [0.5, 0.6) is 0 Å². The van der Waals surface area contributed by atoms with Crippen molar-refractivity contribution in [3.05, 3.63) is 75.5 Å². The smallest absolute Gasteiger partial charge is 0.339 e. The van der Waals surface area contributed by atoms with Crippen LogP contribution in [0.1, 0.15) is 35.0 Å². The number of carbonyl (C=O) groups is 1. The molecular formula is C20H16Cl2N2O3. The fourth-order valence-corrected chi connectivity index (χ4v) is 3.87. The van der Waals surface area contributed by atoms with Crippen LogP contribution in [-0.2, 0) is 15.2 Å². The van der Waals surface area contributed by atoms with E-state index in [1.807, 2.05) is 47.9 Å². The lowest BCUT2D eigenvalue weighted by molar-refractivity contribution is -0.00737. The quantitative estimate of drug-likeness (QED) is 0.574. The fraction of sp³-hybridized carbons (Fsp3) is 0.200. The molecule has 1 atom stereocenters. The van der Waals surface area contributed by atoms with E-state index in [4.69, 9.17) is 32.8 Å². The summed E-state index contributed by atoms with van der Waals surface area (Å²) < 4.78 is 6.77. The zero-order valence-electron chi connectivity index (χ0n) is 14.7. The first-order valence-electron chi connectivity index (χ1n) is 8.32. The number of halogens is 2. The average Bonchev–Trinajstić information content (AvgIpc) is 3.27. The summed E-state index contributed by atoms with van der Waals surface area (Å²) in [6.07, 6.45) is 2.42. The first-order valence-corrected chi connectivity index (χ1v) is 9.07. The van der Waals surface area contributed by atoms with E-state index in [-0.39, 0.29) is 5.97 Å². The van der Waals surface area contributed by atoms with Gasteiger partial charge in [0.1, 0.15) is 5.71 Å². The van der Waals surface area contributed by atoms with Crippen LogP contribution >= 0.6 is 23.2 Å². The van der Waals surface area contributed by atoms with Crippen molar-refractivity contribution in [1.29, 1.82) is 0 Å². The van der Waals surface area contributed by atoms with Gasteiger partial charge in [0, 0.05) is 28.2 Å². The van der Waals surface area contributed by atoms with Crippen molar-refractivity contribution in [2.24, 2.45) is 5.16 Å². The summed E-state index contributed by atoms with van der Waals surface area (Å²) in [7, 11) is 1.37. The second-order valence-electron chi connectivity index (χ2n) is 6.58. The molecule has 4 rings (SSSR count). The van der Waals surface area contributed by atoms with Crippen molar-refractivity contribution in [3.63, 3.8) is 0 Å². The van der Waals surface area contributed by atoms with Gasteiger partial charge in [-0.1, -0.05) is 28.4 Å². The Balaban J connectivity index is 1.72. The number of hydrogen-bond acceptors (Lipinski definition) is 4. The van der Waals surface area contributed by atoms with Gasteiger partial charge < -0.3 is 14.0 Å². The van der Waals surface area contributed by atoms with Gasteiger partial charge in [0.25, 0.3) is 0 Å². The second-order valence-corrected chi connectivity index (χ2v) is 7.46. The highest BCUT2D eigenvalue weighted by molar-refractivity contribution is 6.34. The third kappa shape index (κ3) is 3.07. The van der Waals surface area contributed by atoms with E-state index in [0.29, 0.717) is 22.0 Å². The Hall–Kier alpha value is -2.50. The van der Waals surface area contributed by atoms with Gasteiger partial charge in [-0.05, 0) is 49.4 Å². The van der Waals surface area contributed by atoms with E-state index in [9.17, 15) is 4.79 Å². The number of nitrogens with zero attached hydrogens (tertiary/aromatic N) is 2. The molecular weight excluding hydrogens is 387 g/mol. The predicted molar refractivity (Wildman–Crippen MR) is 105 cm³/mol. The molecule has 3 aromatic rings. The van der Waals surface area contributed by atoms with Crippen molar-refractivity contribution in [3.8, 4) is 0 Å². The number of hydrogen-bond donors (Lipinski definition) is 0. The molecule has 1 aliphatic heterocycles. The molecule has 27 heavy (non-hydrogen) atoms. The lowest BCUT2D eigenvalue weighted by Gasteiger charge is -2.22. The van der Waals surface area contributed by atoms with E-state index in [1.165, 1.54) is 7.11 Å². The highest BCUT2D eigenvalue weighted by atomic mass is 35.5. The largest absolute Gasteiger partial charge is 0.465 e. The van der Waals surface area contributed by atoms with Crippen LogP contribution in [0.15, 0.2) is 53.8 Å². The monoisotopic (exact) mass is 402 g/mol. The van der Waals surface area contributed by atoms with Crippen molar-refractivity contribution in [2.45, 2.75) is 18.9 Å². The first-order chi connectivity index (χ1) is 12.9. The predicted octanol–water partition coefficient (Wildman–Crippen LogP) is 5.07. The third-order valence-corrected chi connectivity index (χ3v) is 5.16. The highest BCUT2D eigenvalue weighted by Crippen LogP contribution is 2.38. The van der Waals surface area contributed by atoms with Gasteiger partial charge >= 0.3 is 5.97 Å². The summed E-state index contributed by atoms with van der Waals surface area (Å²) in [5.41, 5.74) is 3.04. The van der Waals surface area contributed by atoms with Gasteiger partial charge in [0.2, 0.25) is 0 Å². The van der Waals surface area contributed by atoms with E-state index >= 15 is 0 Å². The maximum atomic E-state index is 12.0. The topological polar surface area (TPSA) is 52.3 Å². The summed E-state index contributed by atoms with van der Waals surface area (Å²) in [6.45, 7) is 1.95. The molecule has 2 aromatic heterocycles. The number of pyridine rings is 1. The number of ether oxygens (including phenoxy) is 1. The number of esters is 1. The maximum Gasteiger partial charge on any atom is 0.339 e. The molecule has 0 radical (unpaired) electrons. The van der Waals surface area contributed by atoms with Gasteiger partial charge in [-0.15, -0.1) is 0 Å². The molecule has 5 nitrogen and oxygen atoms in total. The van der Waals surface area contributed by atoms with Crippen LogP contribution < -0.4 is 0 Å². The zero-order valence-corrected chi connectivity index (χ0v) is 16.2. The van der Waals surface area contributed by atoms with Gasteiger partial charge in [0.15, 0.2) is 5.60 Å². The molecule has 7 heteroatoms. The molecule has 1 aliphatic rings. The van der Waals surface area contributed by atoms with Crippen LogP contribution in [0, 0.1) is 0 Å². The van der Waals surface area contributed by atoms with E-state index in [1.54, 1.807) is 12.1 Å². The number of fused-ring (bicyclic) bond motifs is 1. The summed E-state index contributed by atoms with van der Waals surface area (Å²) in [6, 6.07) is 12.7. The van der Waals surface area contributed by atoms with Gasteiger partial charge in [0.05, 0.1) is 23.9 Å². The van der Waals surface area contributed by atoms with Crippen molar-refractivity contribution >= 4 is 40.4 Å². The molecule has 0 bridgehead atoms. The average molecular weight is 403 g/mol. The minimum absolute atomic E-state index is 0.381. The zero-order chi connectivity index (χ0) is 19.2. The SMILES string of the molecule is COC(=O)c1ccc(C2=NOC(C)(c3cc(Cl)cc(Cl)c3)C2)n2cccc12. The van der Waals surface area contributed by atoms with Crippen LogP contribution in [-0.4, -0.2) is 23.2 Å². The fourth-order valence-electron chi connectivity index (χ4n) is 3.35. The maximum absolute atomic E-state index is 12.0. The number of rotatable bonds is 3. The molecule has 0 fully saturated rings. The molecule has 3 heterocycles. The summed E-state index contributed by atoms with van der Waals surface area (Å²) in [4.78, 5) is 17.8. The molecule has 0 saturated heterocycles. The van der Waals surface area contributed by atoms with Gasteiger partial charge in [-0.25, -0.2) is 4.79 Å². The minimum Gasteiger partial charge on any atom is -0.465 e. The molecule has 0 N–H and O–H groups in total. The van der Waals surface area contributed by atoms with Crippen molar-refractivity contribution < 1.29 is 14.4 Å². The van der Waals surface area contributed by atoms with Crippen LogP contribution in [0.2, 0.25) is 10.0 Å². The Bertz CT molecular complexity index is 1070. The summed E-state index contributed by atoms with van der Waals surface area (Å²) >= 11 is 12.3. The molecule has 0 saturated carbocycles. The lowest BCUT2D eigenvalue weighted by Crippen LogP contribution is -2.22. The number of aromatic nitrogens is 1. The highest BCUT2D eigenvalue weighted by Gasteiger charge is 2.38. The Morgan fingerprint density at radius 1 is 1.22 bits per heavy atom. The standard InChI is InChI=1S/C20H16Cl2N2O3/c1-20(12-8-13(21)10-14(22)9-12)11-16(23-27-20)18-6-5-15(19(25)26-2)17-4-3-7-24(17)18/h3-10H,11H2,1-2H3. The number of benzene rings is 1. The van der Waals surface area contributed by atoms with Crippen LogP contribution in [0.4, 0.5) is 0 Å². The Kier molecular flexibility index (Phi) is 4.36. The lowest BCUT2D eigenvalue weighted by atomic mass is 9.90. The van der Waals surface area contributed by atoms with Gasteiger partial charge in [-0.2, -0.15) is 0 Å².